The van der Waals surface area contributed by atoms with E-state index in [9.17, 15) is 4.39 Å². The molecule has 0 spiro atoms. The molecule has 1 N–H and O–H groups in total. The molecule has 3 heterocycles. The van der Waals surface area contributed by atoms with Gasteiger partial charge in [-0.1, -0.05) is 6.07 Å². The van der Waals surface area contributed by atoms with Gasteiger partial charge in [0.15, 0.2) is 17.2 Å². The first kappa shape index (κ1) is 19.8. The van der Waals surface area contributed by atoms with Gasteiger partial charge in [0, 0.05) is 30.4 Å². The van der Waals surface area contributed by atoms with Crippen LogP contribution in [0, 0.1) is 5.82 Å². The van der Waals surface area contributed by atoms with Crippen LogP contribution in [-0.4, -0.2) is 37.7 Å². The highest BCUT2D eigenvalue weighted by atomic mass is 19.1. The molecule has 0 amide bonds. The second kappa shape index (κ2) is 8.44. The van der Waals surface area contributed by atoms with Gasteiger partial charge in [-0.05, 0) is 56.2 Å². The molecule has 0 fully saturated rings. The van der Waals surface area contributed by atoms with Gasteiger partial charge in [0.2, 0.25) is 5.95 Å². The Kier molecular flexibility index (Phi) is 5.56. The van der Waals surface area contributed by atoms with Crippen molar-refractivity contribution in [2.45, 2.75) is 32.7 Å². The maximum Gasteiger partial charge on any atom is 0.223 e. The molecule has 30 heavy (non-hydrogen) atoms. The number of nitrogens with one attached hydrogen (secondary N) is 1. The Bertz CT molecular complexity index is 1170. The topological polar surface area (TPSA) is 77.2 Å². The molecule has 4 rings (SSSR count). The van der Waals surface area contributed by atoms with Gasteiger partial charge >= 0.3 is 0 Å². The Labute approximate surface area is 174 Å². The second-order valence-electron chi connectivity index (χ2n) is 7.29. The smallest absolute Gasteiger partial charge is 0.223 e. The van der Waals surface area contributed by atoms with Crippen molar-refractivity contribution in [1.82, 2.24) is 24.6 Å². The van der Waals surface area contributed by atoms with Crippen molar-refractivity contribution in [1.29, 1.82) is 0 Å². The number of anilines is 1. The van der Waals surface area contributed by atoms with Gasteiger partial charge < -0.3 is 10.1 Å². The number of fused-ring (bicyclic) bond motifs is 1. The fourth-order valence-corrected chi connectivity index (χ4v) is 3.24. The molecule has 7 nitrogen and oxygen atoms in total. The number of hydrogen-bond acceptors (Lipinski definition) is 6. The second-order valence-corrected chi connectivity index (χ2v) is 7.29. The quantitative estimate of drug-likeness (QED) is 0.501. The summed E-state index contributed by atoms with van der Waals surface area (Å²) in [7, 11) is 1.46. The first-order valence-corrected chi connectivity index (χ1v) is 9.79. The van der Waals surface area contributed by atoms with Crippen molar-refractivity contribution in [3.8, 4) is 17.0 Å². The van der Waals surface area contributed by atoms with E-state index in [2.05, 4.69) is 25.5 Å². The van der Waals surface area contributed by atoms with E-state index < -0.39 is 0 Å². The Hall–Kier alpha value is -3.55. The normalized spacial score (nSPS) is 11.2. The molecule has 3 aromatic heterocycles. The van der Waals surface area contributed by atoms with E-state index in [0.29, 0.717) is 18.8 Å². The summed E-state index contributed by atoms with van der Waals surface area (Å²) >= 11 is 0. The molecule has 0 aliphatic rings. The van der Waals surface area contributed by atoms with Crippen molar-refractivity contribution in [2.75, 3.05) is 12.4 Å². The lowest BCUT2D eigenvalue weighted by Gasteiger charge is -2.09. The third kappa shape index (κ3) is 4.22. The van der Waals surface area contributed by atoms with Gasteiger partial charge in [-0.3, -0.25) is 4.40 Å². The maximum atomic E-state index is 13.9. The van der Waals surface area contributed by atoms with E-state index in [1.165, 1.54) is 13.2 Å². The molecule has 0 radical (unpaired) electrons. The summed E-state index contributed by atoms with van der Waals surface area (Å²) in [4.78, 5) is 8.82. The predicted octanol–water partition coefficient (Wildman–Crippen LogP) is 3.94. The van der Waals surface area contributed by atoms with Crippen LogP contribution in [-0.2, 0) is 12.8 Å². The maximum absolute atomic E-state index is 13.9. The summed E-state index contributed by atoms with van der Waals surface area (Å²) in [6, 6.07) is 11.1. The minimum absolute atomic E-state index is 0.246. The molecule has 0 saturated heterocycles. The van der Waals surface area contributed by atoms with Crippen LogP contribution < -0.4 is 10.1 Å². The number of halogens is 1. The predicted molar refractivity (Wildman–Crippen MR) is 113 cm³/mol. The highest BCUT2D eigenvalue weighted by molar-refractivity contribution is 5.64. The van der Waals surface area contributed by atoms with Crippen molar-refractivity contribution in [3.63, 3.8) is 0 Å². The average Bonchev–Trinajstić information content (AvgIpc) is 3.14. The van der Waals surface area contributed by atoms with Gasteiger partial charge in [0.25, 0.3) is 0 Å². The van der Waals surface area contributed by atoms with Crippen LogP contribution in [0.5, 0.6) is 5.75 Å². The fourth-order valence-electron chi connectivity index (χ4n) is 3.24. The van der Waals surface area contributed by atoms with E-state index in [0.717, 1.165) is 28.3 Å². The number of nitrogens with zero attached hydrogens (tertiary/aromatic N) is 5. The highest BCUT2D eigenvalue weighted by Gasteiger charge is 2.10. The van der Waals surface area contributed by atoms with Crippen molar-refractivity contribution in [2.24, 2.45) is 0 Å². The lowest BCUT2D eigenvalue weighted by atomic mass is 10.1. The van der Waals surface area contributed by atoms with Crippen LogP contribution in [0.15, 0.2) is 48.8 Å². The minimum Gasteiger partial charge on any atom is -0.494 e. The zero-order chi connectivity index (χ0) is 21.1. The molecule has 0 unspecified atom stereocenters. The molecule has 0 aliphatic heterocycles. The molecule has 0 aliphatic carbocycles. The largest absolute Gasteiger partial charge is 0.494 e. The van der Waals surface area contributed by atoms with Crippen LogP contribution in [0.1, 0.15) is 25.2 Å². The monoisotopic (exact) mass is 406 g/mol. The molecule has 154 valence electrons. The van der Waals surface area contributed by atoms with Crippen molar-refractivity contribution >= 4 is 11.6 Å². The SMILES string of the molecule is COc1ccc(CCc2nnc3cc(-c4ccnc(NC(C)C)n4)ccn23)cc1F. The van der Waals surface area contributed by atoms with Gasteiger partial charge in [-0.25, -0.2) is 14.4 Å². The molecule has 8 heteroatoms. The van der Waals surface area contributed by atoms with Crippen LogP contribution in [0.4, 0.5) is 10.3 Å². The standard InChI is InChI=1S/C22H23FN6O/c1-14(2)25-22-24-10-8-18(26-22)16-9-11-29-20(27-28-21(29)13-16)7-5-15-4-6-19(30-3)17(23)12-15/h4,6,8-14H,5,7H2,1-3H3,(H,24,25,26). The summed E-state index contributed by atoms with van der Waals surface area (Å²) in [6.45, 7) is 4.08. The molecule has 0 saturated carbocycles. The molecule has 4 aromatic rings. The summed E-state index contributed by atoms with van der Waals surface area (Å²) in [6.07, 6.45) is 4.97. The summed E-state index contributed by atoms with van der Waals surface area (Å²) in [5.74, 6) is 1.30. The number of aryl methyl sites for hydroxylation is 2. The van der Waals surface area contributed by atoms with Crippen LogP contribution in [0.25, 0.3) is 16.9 Å². The Morgan fingerprint density at radius 3 is 2.73 bits per heavy atom. The van der Waals surface area contributed by atoms with Crippen LogP contribution in [0.2, 0.25) is 0 Å². The van der Waals surface area contributed by atoms with Gasteiger partial charge in [0.1, 0.15) is 5.82 Å². The molecular formula is C22H23FN6O. The zero-order valence-corrected chi connectivity index (χ0v) is 17.1. The molecular weight excluding hydrogens is 383 g/mol. The Morgan fingerprint density at radius 1 is 1.10 bits per heavy atom. The lowest BCUT2D eigenvalue weighted by molar-refractivity contribution is 0.386. The highest BCUT2D eigenvalue weighted by Crippen LogP contribution is 2.21. The number of ether oxygens (including phenoxy) is 1. The molecule has 0 atom stereocenters. The average molecular weight is 406 g/mol. The molecule has 0 bridgehead atoms. The first-order chi connectivity index (χ1) is 14.5. The van der Waals surface area contributed by atoms with Gasteiger partial charge in [-0.15, -0.1) is 10.2 Å². The lowest BCUT2D eigenvalue weighted by Crippen LogP contribution is -2.12. The van der Waals surface area contributed by atoms with E-state index in [4.69, 9.17) is 4.74 Å². The number of rotatable bonds is 7. The van der Waals surface area contributed by atoms with Gasteiger partial charge in [0.05, 0.1) is 12.8 Å². The third-order valence-electron chi connectivity index (χ3n) is 4.70. The number of pyridine rings is 1. The Balaban J connectivity index is 1.53. The first-order valence-electron chi connectivity index (χ1n) is 9.79. The van der Waals surface area contributed by atoms with Gasteiger partial charge in [-0.2, -0.15) is 0 Å². The summed E-state index contributed by atoms with van der Waals surface area (Å²) < 4.78 is 20.8. The van der Waals surface area contributed by atoms with E-state index in [1.807, 2.05) is 48.7 Å². The fraction of sp³-hybridized carbons (Fsp3) is 0.273. The van der Waals surface area contributed by atoms with E-state index in [1.54, 1.807) is 12.3 Å². The zero-order valence-electron chi connectivity index (χ0n) is 17.1. The van der Waals surface area contributed by atoms with Crippen molar-refractivity contribution in [3.05, 3.63) is 66.0 Å². The summed E-state index contributed by atoms with van der Waals surface area (Å²) in [5.41, 5.74) is 3.37. The number of methoxy groups -OCH3 is 1. The van der Waals surface area contributed by atoms with E-state index >= 15 is 0 Å². The van der Waals surface area contributed by atoms with Crippen LogP contribution >= 0.6 is 0 Å². The van der Waals surface area contributed by atoms with Crippen molar-refractivity contribution < 1.29 is 9.13 Å². The Morgan fingerprint density at radius 2 is 1.97 bits per heavy atom. The number of benzene rings is 1. The summed E-state index contributed by atoms with van der Waals surface area (Å²) in [5, 5.41) is 11.8. The molecule has 1 aromatic carbocycles. The van der Waals surface area contributed by atoms with Crippen LogP contribution in [0.3, 0.4) is 0 Å². The third-order valence-corrected chi connectivity index (χ3v) is 4.70. The minimum atomic E-state index is -0.359. The number of aromatic nitrogens is 5. The van der Waals surface area contributed by atoms with E-state index in [-0.39, 0.29) is 17.6 Å². The number of hydrogen-bond donors (Lipinski definition) is 1.